The molecule has 0 atom stereocenters. The first-order chi connectivity index (χ1) is 12.1. The van der Waals surface area contributed by atoms with Crippen molar-refractivity contribution in [3.05, 3.63) is 83.1 Å². The molecule has 1 heterocycles. The van der Waals surface area contributed by atoms with Crippen molar-refractivity contribution >= 4 is 17.5 Å². The van der Waals surface area contributed by atoms with Crippen LogP contribution in [0, 0.1) is 0 Å². The van der Waals surface area contributed by atoms with E-state index < -0.39 is 0 Å². The number of rotatable bonds is 5. The Labute approximate surface area is 151 Å². The fourth-order valence-electron chi connectivity index (χ4n) is 2.45. The van der Waals surface area contributed by atoms with Gasteiger partial charge in [0.25, 0.3) is 0 Å². The number of hydrogen-bond acceptors (Lipinski definition) is 3. The summed E-state index contributed by atoms with van der Waals surface area (Å²) in [5, 5.41) is 12.8. The monoisotopic (exact) mass is 352 g/mol. The summed E-state index contributed by atoms with van der Waals surface area (Å²) in [6.07, 6.45) is 1.90. The van der Waals surface area contributed by atoms with E-state index in [4.69, 9.17) is 11.6 Å². The zero-order chi connectivity index (χ0) is 17.6. The van der Waals surface area contributed by atoms with Crippen LogP contribution in [0.15, 0.2) is 66.9 Å². The number of phenols is 1. The minimum absolute atomic E-state index is 0.0771. The number of benzene rings is 2. The Bertz CT molecular complexity index is 865. The molecule has 2 aromatic carbocycles. The zero-order valence-electron chi connectivity index (χ0n) is 13.4. The molecule has 0 unspecified atom stereocenters. The van der Waals surface area contributed by atoms with Crippen LogP contribution in [0.3, 0.4) is 0 Å². The van der Waals surface area contributed by atoms with Crippen LogP contribution in [0.2, 0.25) is 5.02 Å². The highest BCUT2D eigenvalue weighted by Crippen LogP contribution is 2.30. The summed E-state index contributed by atoms with van der Waals surface area (Å²) >= 11 is 6.14. The fourth-order valence-corrected chi connectivity index (χ4v) is 2.73. The lowest BCUT2D eigenvalue weighted by Crippen LogP contribution is -2.24. The van der Waals surface area contributed by atoms with E-state index in [1.807, 2.05) is 36.4 Å². The zero-order valence-corrected chi connectivity index (χ0v) is 14.2. The molecule has 1 aromatic heterocycles. The summed E-state index contributed by atoms with van der Waals surface area (Å²) < 4.78 is 0. The summed E-state index contributed by atoms with van der Waals surface area (Å²) in [5.74, 6) is 0.0418. The Morgan fingerprint density at radius 2 is 1.88 bits per heavy atom. The predicted octanol–water partition coefficient (Wildman–Crippen LogP) is 3.97. The number of hydrogen-bond donors (Lipinski definition) is 2. The summed E-state index contributed by atoms with van der Waals surface area (Å²) in [4.78, 5) is 16.4. The minimum Gasteiger partial charge on any atom is -0.508 e. The molecule has 0 bridgehead atoms. The second-order valence-corrected chi connectivity index (χ2v) is 6.05. The van der Waals surface area contributed by atoms with Gasteiger partial charge >= 0.3 is 0 Å². The van der Waals surface area contributed by atoms with Crippen molar-refractivity contribution in [2.45, 2.75) is 13.0 Å². The molecule has 0 aliphatic carbocycles. The van der Waals surface area contributed by atoms with E-state index in [1.165, 1.54) is 6.07 Å². The third-order valence-electron chi connectivity index (χ3n) is 3.76. The van der Waals surface area contributed by atoms with Gasteiger partial charge in [0.1, 0.15) is 5.75 Å². The molecule has 3 aromatic rings. The lowest BCUT2D eigenvalue weighted by atomic mass is 10.1. The molecule has 2 N–H and O–H groups in total. The Morgan fingerprint density at radius 1 is 1.08 bits per heavy atom. The van der Waals surface area contributed by atoms with Gasteiger partial charge in [-0.15, -0.1) is 0 Å². The van der Waals surface area contributed by atoms with E-state index in [1.54, 1.807) is 24.4 Å². The molecule has 4 nitrogen and oxygen atoms in total. The number of carbonyl (C=O) groups excluding carboxylic acids is 1. The molecule has 0 fully saturated rings. The van der Waals surface area contributed by atoms with Crippen molar-refractivity contribution in [3.8, 4) is 16.9 Å². The maximum absolute atomic E-state index is 12.0. The molecule has 0 radical (unpaired) electrons. The highest BCUT2D eigenvalue weighted by molar-refractivity contribution is 6.33. The first kappa shape index (κ1) is 17.0. The Morgan fingerprint density at radius 3 is 2.56 bits per heavy atom. The SMILES string of the molecule is O=C(Cc1ccc(-c2ccc(O)cc2Cl)cn1)NCc1ccccc1. The third-order valence-corrected chi connectivity index (χ3v) is 4.08. The van der Waals surface area contributed by atoms with Crippen molar-refractivity contribution < 1.29 is 9.90 Å². The largest absolute Gasteiger partial charge is 0.508 e. The summed E-state index contributed by atoms with van der Waals surface area (Å²) in [6, 6.07) is 18.2. The third kappa shape index (κ3) is 4.58. The van der Waals surface area contributed by atoms with Gasteiger partial charge in [0.15, 0.2) is 0 Å². The quantitative estimate of drug-likeness (QED) is 0.730. The molecule has 1 amide bonds. The van der Waals surface area contributed by atoms with Crippen LogP contribution >= 0.6 is 11.6 Å². The van der Waals surface area contributed by atoms with Crippen LogP contribution in [-0.2, 0) is 17.8 Å². The molecule has 0 spiro atoms. The predicted molar refractivity (Wildman–Crippen MR) is 98.3 cm³/mol. The lowest BCUT2D eigenvalue weighted by Gasteiger charge is -2.07. The van der Waals surface area contributed by atoms with Gasteiger partial charge in [-0.05, 0) is 29.8 Å². The van der Waals surface area contributed by atoms with Crippen LogP contribution in [0.1, 0.15) is 11.3 Å². The van der Waals surface area contributed by atoms with Gasteiger partial charge in [0, 0.05) is 29.6 Å². The molecule has 5 heteroatoms. The Balaban J connectivity index is 1.61. The van der Waals surface area contributed by atoms with Crippen LogP contribution in [0.4, 0.5) is 0 Å². The van der Waals surface area contributed by atoms with Crippen molar-refractivity contribution in [1.29, 1.82) is 0 Å². The fraction of sp³-hybridized carbons (Fsp3) is 0.100. The first-order valence-corrected chi connectivity index (χ1v) is 8.24. The van der Waals surface area contributed by atoms with E-state index in [9.17, 15) is 9.90 Å². The number of amides is 1. The number of aromatic hydroxyl groups is 1. The standard InChI is InChI=1S/C20H17ClN2O2/c21-19-11-17(24)8-9-18(19)15-6-7-16(22-13-15)10-20(25)23-12-14-4-2-1-3-5-14/h1-9,11,13,24H,10,12H2,(H,23,25). The maximum Gasteiger partial charge on any atom is 0.226 e. The van der Waals surface area contributed by atoms with Gasteiger partial charge in [-0.25, -0.2) is 0 Å². The summed E-state index contributed by atoms with van der Waals surface area (Å²) in [7, 11) is 0. The molecular weight excluding hydrogens is 336 g/mol. The number of nitrogens with one attached hydrogen (secondary N) is 1. The highest BCUT2D eigenvalue weighted by atomic mass is 35.5. The van der Waals surface area contributed by atoms with Gasteiger partial charge in [-0.1, -0.05) is 48.0 Å². The van der Waals surface area contributed by atoms with Gasteiger partial charge in [0.2, 0.25) is 5.91 Å². The van der Waals surface area contributed by atoms with Crippen LogP contribution < -0.4 is 5.32 Å². The molecule has 3 rings (SSSR count). The van der Waals surface area contributed by atoms with E-state index in [0.29, 0.717) is 17.3 Å². The summed E-state index contributed by atoms with van der Waals surface area (Å²) in [5.41, 5.74) is 3.36. The number of carbonyl (C=O) groups is 1. The smallest absolute Gasteiger partial charge is 0.226 e. The normalized spacial score (nSPS) is 10.4. The molecule has 0 aliphatic heterocycles. The Hall–Kier alpha value is -2.85. The molecule has 126 valence electrons. The van der Waals surface area contributed by atoms with Crippen LogP contribution in [0.25, 0.3) is 11.1 Å². The number of nitrogens with zero attached hydrogens (tertiary/aromatic N) is 1. The second kappa shape index (κ2) is 7.81. The van der Waals surface area contributed by atoms with Crippen molar-refractivity contribution in [2.24, 2.45) is 0 Å². The van der Waals surface area contributed by atoms with Crippen LogP contribution in [0.5, 0.6) is 5.75 Å². The first-order valence-electron chi connectivity index (χ1n) is 7.86. The van der Waals surface area contributed by atoms with Gasteiger partial charge in [-0.3, -0.25) is 9.78 Å². The van der Waals surface area contributed by atoms with E-state index >= 15 is 0 Å². The average molecular weight is 353 g/mol. The molecule has 0 saturated heterocycles. The van der Waals surface area contributed by atoms with Gasteiger partial charge < -0.3 is 10.4 Å². The minimum atomic E-state index is -0.0771. The molecule has 0 saturated carbocycles. The topological polar surface area (TPSA) is 62.2 Å². The number of halogens is 1. The number of phenolic OH excluding ortho intramolecular Hbond substituents is 1. The number of pyridine rings is 1. The van der Waals surface area contributed by atoms with E-state index in [0.717, 1.165) is 16.7 Å². The van der Waals surface area contributed by atoms with Crippen molar-refractivity contribution in [2.75, 3.05) is 0 Å². The summed E-state index contributed by atoms with van der Waals surface area (Å²) in [6.45, 7) is 0.501. The molecule has 25 heavy (non-hydrogen) atoms. The Kier molecular flexibility index (Phi) is 5.31. The molecular formula is C20H17ClN2O2. The van der Waals surface area contributed by atoms with E-state index in [2.05, 4.69) is 10.3 Å². The van der Waals surface area contributed by atoms with Crippen molar-refractivity contribution in [1.82, 2.24) is 10.3 Å². The maximum atomic E-state index is 12.0. The van der Waals surface area contributed by atoms with Gasteiger partial charge in [0.05, 0.1) is 11.4 Å². The highest BCUT2D eigenvalue weighted by Gasteiger charge is 2.08. The second-order valence-electron chi connectivity index (χ2n) is 5.64. The van der Waals surface area contributed by atoms with Crippen molar-refractivity contribution in [3.63, 3.8) is 0 Å². The van der Waals surface area contributed by atoms with E-state index in [-0.39, 0.29) is 18.1 Å². The number of aromatic nitrogens is 1. The van der Waals surface area contributed by atoms with Crippen LogP contribution in [-0.4, -0.2) is 16.0 Å². The molecule has 0 aliphatic rings. The van der Waals surface area contributed by atoms with Gasteiger partial charge in [-0.2, -0.15) is 0 Å². The average Bonchev–Trinajstić information content (AvgIpc) is 2.62. The lowest BCUT2D eigenvalue weighted by molar-refractivity contribution is -0.120.